The van der Waals surface area contributed by atoms with E-state index in [9.17, 15) is 35.8 Å². The number of H-pyrrole nitrogens is 1. The van der Waals surface area contributed by atoms with Crippen LogP contribution in [0, 0.1) is 17.1 Å². The minimum Gasteiger partial charge on any atom is -0.475 e. The van der Waals surface area contributed by atoms with Gasteiger partial charge in [-0.3, -0.25) is 0 Å². The minimum absolute atomic E-state index is 0.255. The first-order valence-electron chi connectivity index (χ1n) is 10.7. The Hall–Kier alpha value is -3.89. The smallest absolute Gasteiger partial charge is 0.475 e. The van der Waals surface area contributed by atoms with Gasteiger partial charge in [0.25, 0.3) is 0 Å². The van der Waals surface area contributed by atoms with Gasteiger partial charge in [-0.25, -0.2) is 28.9 Å². The number of nitriles is 1. The molecule has 0 unspecified atom stereocenters. The number of aromatic nitrogens is 4. The molecule has 0 aliphatic carbocycles. The number of carboxylic acid groups (broad SMARTS) is 2. The molecule has 1 aliphatic heterocycles. The molecule has 20 heteroatoms. The molecule has 0 aromatic carbocycles. The molecule has 0 saturated carbocycles. The van der Waals surface area contributed by atoms with Gasteiger partial charge in [0, 0.05) is 29.9 Å². The quantitative estimate of drug-likeness (QED) is 0.240. The van der Waals surface area contributed by atoms with E-state index in [1.54, 1.807) is 6.07 Å². The zero-order chi connectivity index (χ0) is 31.3. The Labute approximate surface area is 233 Å². The maximum Gasteiger partial charge on any atom is 0.490 e. The van der Waals surface area contributed by atoms with E-state index in [1.807, 2.05) is 11.8 Å². The van der Waals surface area contributed by atoms with Crippen LogP contribution >= 0.6 is 23.4 Å². The molecular weight excluding hydrogens is 617 g/mol. The largest absolute Gasteiger partial charge is 0.490 e. The summed E-state index contributed by atoms with van der Waals surface area (Å²) in [5, 5.41) is 34.4. The summed E-state index contributed by atoms with van der Waals surface area (Å²) in [4.78, 5) is 36.3. The molecule has 4 N–H and O–H groups in total. The second kappa shape index (κ2) is 13.2. The van der Waals surface area contributed by atoms with Crippen molar-refractivity contribution in [1.29, 1.82) is 5.26 Å². The van der Waals surface area contributed by atoms with E-state index in [1.165, 1.54) is 12.3 Å². The number of halogens is 8. The number of hydrogen-bond donors (Lipinski definition) is 4. The molecule has 1 fully saturated rings. The number of nitrogens with one attached hydrogen (secondary N) is 1. The number of aryl methyl sites for hydroxylation is 1. The molecule has 0 amide bonds. The van der Waals surface area contributed by atoms with Crippen molar-refractivity contribution in [2.45, 2.75) is 41.9 Å². The van der Waals surface area contributed by atoms with Crippen molar-refractivity contribution in [3.8, 4) is 6.07 Å². The predicted molar refractivity (Wildman–Crippen MR) is 127 cm³/mol. The SMILES string of the molecule is CCc1[nH]c2nc(Sc3cnc(C#N)c(F)c3)nc(N3CC(O)C3)c2c1Cl.O=C(O)C(F)(F)F.O=C(O)C(F)(F)F. The number of aromatic amines is 1. The van der Waals surface area contributed by atoms with E-state index in [4.69, 9.17) is 36.7 Å². The lowest BCUT2D eigenvalue weighted by atomic mass is 10.1. The number of aliphatic hydroxyl groups excluding tert-OH is 1. The lowest BCUT2D eigenvalue weighted by molar-refractivity contribution is -0.193. The number of carboxylic acids is 2. The Balaban J connectivity index is 0.000000349. The third kappa shape index (κ3) is 8.80. The number of pyridine rings is 1. The van der Waals surface area contributed by atoms with Crippen LogP contribution in [0.5, 0.6) is 0 Å². The molecule has 4 heterocycles. The van der Waals surface area contributed by atoms with E-state index >= 15 is 0 Å². The Kier molecular flexibility index (Phi) is 10.7. The average Bonchev–Trinajstić information content (AvgIpc) is 3.16. The lowest BCUT2D eigenvalue weighted by Crippen LogP contribution is -2.51. The van der Waals surface area contributed by atoms with Crippen molar-refractivity contribution in [3.05, 3.63) is 34.5 Å². The van der Waals surface area contributed by atoms with Crippen LogP contribution in [0.3, 0.4) is 0 Å². The summed E-state index contributed by atoms with van der Waals surface area (Å²) >= 11 is 7.63. The molecule has 3 aromatic rings. The summed E-state index contributed by atoms with van der Waals surface area (Å²) in [6.07, 6.45) is -8.44. The number of β-amino-alcohol motifs (C(OH)–C–C–N with tert-alkyl or cyclic N) is 1. The van der Waals surface area contributed by atoms with E-state index in [0.717, 1.165) is 17.5 Å². The van der Waals surface area contributed by atoms with E-state index in [0.29, 0.717) is 51.4 Å². The van der Waals surface area contributed by atoms with Crippen LogP contribution in [0.2, 0.25) is 5.02 Å². The van der Waals surface area contributed by atoms with E-state index in [-0.39, 0.29) is 5.69 Å². The fourth-order valence-electron chi connectivity index (χ4n) is 2.88. The van der Waals surface area contributed by atoms with Gasteiger partial charge < -0.3 is 25.2 Å². The number of alkyl halides is 6. The molecule has 0 atom stereocenters. The van der Waals surface area contributed by atoms with Gasteiger partial charge in [0.2, 0.25) is 0 Å². The Morgan fingerprint density at radius 1 is 1.17 bits per heavy atom. The number of fused-ring (bicyclic) bond motifs is 1. The highest BCUT2D eigenvalue weighted by atomic mass is 35.5. The molecule has 3 aromatic heterocycles. The topological polar surface area (TPSA) is 176 Å². The number of aliphatic carboxylic acids is 2. The number of aliphatic hydroxyl groups is 1. The third-order valence-corrected chi connectivity index (χ3v) is 6.00. The molecule has 4 rings (SSSR count). The summed E-state index contributed by atoms with van der Waals surface area (Å²) in [6.45, 7) is 2.91. The molecular formula is C21H16ClF7N6O5S. The van der Waals surface area contributed by atoms with Crippen molar-refractivity contribution in [1.82, 2.24) is 19.9 Å². The van der Waals surface area contributed by atoms with Gasteiger partial charge in [0.05, 0.1) is 16.5 Å². The van der Waals surface area contributed by atoms with Crippen LogP contribution in [0.4, 0.5) is 36.6 Å². The highest BCUT2D eigenvalue weighted by Gasteiger charge is 2.39. The maximum absolute atomic E-state index is 13.8. The standard InChI is InChI=1S/C17H14ClFN6OS.2C2HF3O2/c1-2-11-14(18)13-15(22-11)23-17(24-16(13)25-6-8(26)7-25)27-9-3-10(19)12(4-20)21-5-9;2*3-2(4,5)1(6)7/h3,5,8,26H,2,6-7H2,1H3,(H,22,23,24);2*(H,6,7). The van der Waals surface area contributed by atoms with Crippen molar-refractivity contribution in [3.63, 3.8) is 0 Å². The van der Waals surface area contributed by atoms with Crippen LogP contribution in [0.15, 0.2) is 22.3 Å². The summed E-state index contributed by atoms with van der Waals surface area (Å²) in [7, 11) is 0. The van der Waals surface area contributed by atoms with Gasteiger partial charge in [-0.05, 0) is 24.2 Å². The number of anilines is 1. The molecule has 1 saturated heterocycles. The summed E-state index contributed by atoms with van der Waals surface area (Å²) in [5.74, 6) is -5.57. The lowest BCUT2D eigenvalue weighted by Gasteiger charge is -2.37. The number of rotatable bonds is 4. The monoisotopic (exact) mass is 632 g/mol. The van der Waals surface area contributed by atoms with E-state index < -0.39 is 36.2 Å². The van der Waals surface area contributed by atoms with Crippen molar-refractivity contribution >= 4 is 52.2 Å². The molecule has 11 nitrogen and oxygen atoms in total. The summed E-state index contributed by atoms with van der Waals surface area (Å²) < 4.78 is 77.3. The van der Waals surface area contributed by atoms with Crippen LogP contribution < -0.4 is 4.90 Å². The maximum atomic E-state index is 13.8. The molecule has 1 aliphatic rings. The van der Waals surface area contributed by atoms with E-state index in [2.05, 4.69) is 19.9 Å². The molecule has 41 heavy (non-hydrogen) atoms. The van der Waals surface area contributed by atoms with Crippen molar-refractivity contribution in [2.24, 2.45) is 0 Å². The summed E-state index contributed by atoms with van der Waals surface area (Å²) in [5.41, 5.74) is 1.19. The first-order valence-corrected chi connectivity index (χ1v) is 11.9. The van der Waals surface area contributed by atoms with Crippen molar-refractivity contribution in [2.75, 3.05) is 18.0 Å². The Morgan fingerprint density at radius 3 is 2.12 bits per heavy atom. The molecule has 0 bridgehead atoms. The normalized spacial score (nSPS) is 13.3. The first-order chi connectivity index (χ1) is 18.9. The van der Waals surface area contributed by atoms with Gasteiger partial charge in [-0.15, -0.1) is 0 Å². The van der Waals surface area contributed by atoms with Crippen LogP contribution in [-0.4, -0.2) is 78.7 Å². The molecule has 0 radical (unpaired) electrons. The average molecular weight is 633 g/mol. The predicted octanol–water partition coefficient (Wildman–Crippen LogP) is 4.18. The second-order valence-electron chi connectivity index (χ2n) is 7.70. The first kappa shape index (κ1) is 33.3. The highest BCUT2D eigenvalue weighted by Crippen LogP contribution is 2.38. The van der Waals surface area contributed by atoms with Gasteiger partial charge in [-0.2, -0.15) is 31.6 Å². The van der Waals surface area contributed by atoms with Gasteiger partial charge in [0.15, 0.2) is 16.7 Å². The highest BCUT2D eigenvalue weighted by molar-refractivity contribution is 7.99. The fourth-order valence-corrected chi connectivity index (χ4v) is 3.98. The number of carbonyl (C=O) groups is 2. The van der Waals surface area contributed by atoms with Crippen molar-refractivity contribution < 1.29 is 55.6 Å². The zero-order valence-corrected chi connectivity index (χ0v) is 21.8. The zero-order valence-electron chi connectivity index (χ0n) is 20.2. The Bertz CT molecular complexity index is 1450. The minimum atomic E-state index is -5.08. The Morgan fingerprint density at radius 2 is 1.71 bits per heavy atom. The third-order valence-electron chi connectivity index (χ3n) is 4.75. The fraction of sp³-hybridized carbons (Fsp3) is 0.333. The number of hydrogen-bond acceptors (Lipinski definition) is 9. The number of nitrogens with zero attached hydrogens (tertiary/aromatic N) is 5. The van der Waals surface area contributed by atoms with Gasteiger partial charge in [0.1, 0.15) is 17.5 Å². The molecule has 0 spiro atoms. The second-order valence-corrected chi connectivity index (χ2v) is 9.12. The van der Waals surface area contributed by atoms with Crippen LogP contribution in [0.1, 0.15) is 18.3 Å². The van der Waals surface area contributed by atoms with Gasteiger partial charge in [-0.1, -0.05) is 18.5 Å². The summed E-state index contributed by atoms with van der Waals surface area (Å²) in [6, 6.07) is 2.92. The molecule has 222 valence electrons. The van der Waals surface area contributed by atoms with Gasteiger partial charge >= 0.3 is 24.3 Å². The van der Waals surface area contributed by atoms with Crippen LogP contribution in [-0.2, 0) is 16.0 Å². The van der Waals surface area contributed by atoms with Crippen LogP contribution in [0.25, 0.3) is 11.0 Å².